The van der Waals surface area contributed by atoms with Crippen LogP contribution in [0.2, 0.25) is 0 Å². The molecule has 0 saturated carbocycles. The Balaban J connectivity index is 3.02. The van der Waals surface area contributed by atoms with E-state index in [4.69, 9.17) is 4.74 Å². The van der Waals surface area contributed by atoms with Gasteiger partial charge in [-0.3, -0.25) is 4.79 Å². The van der Waals surface area contributed by atoms with Gasteiger partial charge >= 0.3 is 5.97 Å². The van der Waals surface area contributed by atoms with Gasteiger partial charge < -0.3 is 14.6 Å². The monoisotopic (exact) mass is 266 g/mol. The Kier molecular flexibility index (Phi) is 5.15. The van der Waals surface area contributed by atoms with Crippen LogP contribution >= 0.6 is 0 Å². The van der Waals surface area contributed by atoms with Gasteiger partial charge in [-0.15, -0.1) is 0 Å². The normalized spacial score (nSPS) is 10.4. The Labute approximate surface area is 113 Å². The molecule has 0 spiro atoms. The topological polar surface area (TPSA) is 62.4 Å². The molecule has 5 heteroatoms. The van der Waals surface area contributed by atoms with E-state index >= 15 is 0 Å². The molecule has 0 saturated heterocycles. The van der Waals surface area contributed by atoms with E-state index in [1.807, 2.05) is 0 Å². The van der Waals surface area contributed by atoms with E-state index in [-0.39, 0.29) is 5.91 Å². The smallest absolute Gasteiger partial charge is 0.339 e. The number of carbonyl (C=O) groups excluding carboxylic acids is 2. The first-order valence-electron chi connectivity index (χ1n) is 6.46. The van der Waals surface area contributed by atoms with Crippen molar-refractivity contribution in [2.45, 2.75) is 33.6 Å². The summed E-state index contributed by atoms with van der Waals surface area (Å²) >= 11 is 0. The number of H-pyrrole nitrogens is 1. The fourth-order valence-corrected chi connectivity index (χ4v) is 2.06. The summed E-state index contributed by atoms with van der Waals surface area (Å²) in [7, 11) is 3.11. The molecule has 0 aromatic carbocycles. The van der Waals surface area contributed by atoms with Gasteiger partial charge in [-0.05, 0) is 25.8 Å². The van der Waals surface area contributed by atoms with Crippen LogP contribution < -0.4 is 0 Å². The zero-order valence-electron chi connectivity index (χ0n) is 12.3. The van der Waals surface area contributed by atoms with E-state index in [1.165, 1.54) is 7.11 Å². The van der Waals surface area contributed by atoms with E-state index in [2.05, 4.69) is 11.9 Å². The van der Waals surface area contributed by atoms with Crippen molar-refractivity contribution in [3.8, 4) is 0 Å². The van der Waals surface area contributed by atoms with Gasteiger partial charge in [0.1, 0.15) is 5.69 Å². The first-order valence-corrected chi connectivity index (χ1v) is 6.46. The third-order valence-electron chi connectivity index (χ3n) is 3.23. The number of unbranched alkanes of at least 4 members (excludes halogenated alkanes) is 1. The second-order valence-corrected chi connectivity index (χ2v) is 4.70. The molecule has 1 rings (SSSR count). The lowest BCUT2D eigenvalue weighted by Crippen LogP contribution is -2.28. The zero-order chi connectivity index (χ0) is 14.6. The summed E-state index contributed by atoms with van der Waals surface area (Å²) in [5, 5.41) is 0. The maximum absolute atomic E-state index is 12.3. The molecule has 1 aromatic rings. The highest BCUT2D eigenvalue weighted by Crippen LogP contribution is 2.20. The number of rotatable bonds is 5. The van der Waals surface area contributed by atoms with E-state index in [9.17, 15) is 9.59 Å². The van der Waals surface area contributed by atoms with E-state index < -0.39 is 5.97 Å². The summed E-state index contributed by atoms with van der Waals surface area (Å²) in [6, 6.07) is 0. The van der Waals surface area contributed by atoms with Crippen LogP contribution in [0.3, 0.4) is 0 Å². The zero-order valence-corrected chi connectivity index (χ0v) is 12.3. The van der Waals surface area contributed by atoms with Crippen molar-refractivity contribution >= 4 is 11.9 Å². The molecule has 106 valence electrons. The van der Waals surface area contributed by atoms with Crippen LogP contribution in [0.25, 0.3) is 0 Å². The summed E-state index contributed by atoms with van der Waals surface area (Å²) in [6.45, 7) is 6.32. The lowest BCUT2D eigenvalue weighted by molar-refractivity contribution is 0.0599. The van der Waals surface area contributed by atoms with Gasteiger partial charge in [-0.2, -0.15) is 0 Å². The molecule has 0 atom stereocenters. The lowest BCUT2D eigenvalue weighted by Gasteiger charge is -2.16. The number of aromatic amines is 1. The van der Waals surface area contributed by atoms with Crippen molar-refractivity contribution in [2.24, 2.45) is 0 Å². The second kappa shape index (κ2) is 6.41. The minimum atomic E-state index is -0.415. The number of hydrogen-bond donors (Lipinski definition) is 1. The summed E-state index contributed by atoms with van der Waals surface area (Å²) in [5.74, 6) is -0.509. The maximum atomic E-state index is 12.3. The van der Waals surface area contributed by atoms with Gasteiger partial charge in [0.15, 0.2) is 0 Å². The number of nitrogens with zero attached hydrogens (tertiary/aromatic N) is 1. The highest BCUT2D eigenvalue weighted by molar-refractivity contribution is 6.00. The highest BCUT2D eigenvalue weighted by atomic mass is 16.5. The van der Waals surface area contributed by atoms with Crippen LogP contribution in [0, 0.1) is 13.8 Å². The van der Waals surface area contributed by atoms with Crippen LogP contribution in [0.1, 0.15) is 51.9 Å². The fourth-order valence-electron chi connectivity index (χ4n) is 2.06. The first-order chi connectivity index (χ1) is 8.93. The van der Waals surface area contributed by atoms with Gasteiger partial charge in [-0.25, -0.2) is 4.79 Å². The maximum Gasteiger partial charge on any atom is 0.339 e. The first kappa shape index (κ1) is 15.3. The Bertz CT molecular complexity index is 477. The van der Waals surface area contributed by atoms with Crippen LogP contribution in [0.5, 0.6) is 0 Å². The molecule has 5 nitrogen and oxygen atoms in total. The van der Waals surface area contributed by atoms with E-state index in [0.717, 1.165) is 12.8 Å². The molecular weight excluding hydrogens is 244 g/mol. The molecule has 0 bridgehead atoms. The summed E-state index contributed by atoms with van der Waals surface area (Å²) < 4.78 is 4.73. The van der Waals surface area contributed by atoms with Gasteiger partial charge in [0.25, 0.3) is 5.91 Å². The predicted octanol–water partition coefficient (Wildman–Crippen LogP) is 2.29. The SMILES string of the molecule is CCCCN(C)C(=O)c1[nH]c(C)c(C(=O)OC)c1C. The number of esters is 1. The van der Waals surface area contributed by atoms with Crippen molar-refractivity contribution in [1.82, 2.24) is 9.88 Å². The Morgan fingerprint density at radius 1 is 1.32 bits per heavy atom. The Morgan fingerprint density at radius 2 is 1.95 bits per heavy atom. The molecule has 1 N–H and O–H groups in total. The Hall–Kier alpha value is -1.78. The standard InChI is InChI=1S/C14H22N2O3/c1-6-7-8-16(4)13(17)12-9(2)11(10(3)15-12)14(18)19-5/h15H,6-8H2,1-5H3. The van der Waals surface area contributed by atoms with E-state index in [1.54, 1.807) is 25.8 Å². The van der Waals surface area contributed by atoms with Crippen LogP contribution in [0.15, 0.2) is 0 Å². The average Bonchev–Trinajstić information content (AvgIpc) is 2.69. The highest BCUT2D eigenvalue weighted by Gasteiger charge is 2.23. The average molecular weight is 266 g/mol. The van der Waals surface area contributed by atoms with Crippen LogP contribution in [0.4, 0.5) is 0 Å². The van der Waals surface area contributed by atoms with Crippen molar-refractivity contribution in [2.75, 3.05) is 20.7 Å². The predicted molar refractivity (Wildman–Crippen MR) is 73.5 cm³/mol. The molecule has 0 fully saturated rings. The number of carbonyl (C=O) groups is 2. The van der Waals surface area contributed by atoms with Crippen molar-refractivity contribution < 1.29 is 14.3 Å². The van der Waals surface area contributed by atoms with Crippen molar-refractivity contribution in [3.05, 3.63) is 22.5 Å². The lowest BCUT2D eigenvalue weighted by atomic mass is 10.1. The van der Waals surface area contributed by atoms with Gasteiger partial charge in [0.05, 0.1) is 12.7 Å². The summed E-state index contributed by atoms with van der Waals surface area (Å²) in [6.07, 6.45) is 2.00. The largest absolute Gasteiger partial charge is 0.465 e. The molecule has 0 aliphatic heterocycles. The van der Waals surface area contributed by atoms with Gasteiger partial charge in [-0.1, -0.05) is 13.3 Å². The molecule has 1 amide bonds. The number of amides is 1. The van der Waals surface area contributed by atoms with Crippen molar-refractivity contribution in [1.29, 1.82) is 0 Å². The number of aromatic nitrogens is 1. The number of nitrogens with one attached hydrogen (secondary N) is 1. The summed E-state index contributed by atoms with van der Waals surface area (Å²) in [5.41, 5.74) is 2.24. The molecule has 0 aliphatic rings. The third-order valence-corrected chi connectivity index (χ3v) is 3.23. The third kappa shape index (κ3) is 3.16. The molecule has 0 aliphatic carbocycles. The molecule has 19 heavy (non-hydrogen) atoms. The quantitative estimate of drug-likeness (QED) is 0.832. The minimum absolute atomic E-state index is 0.0933. The van der Waals surface area contributed by atoms with Crippen molar-refractivity contribution in [3.63, 3.8) is 0 Å². The van der Waals surface area contributed by atoms with Gasteiger partial charge in [0.2, 0.25) is 0 Å². The van der Waals surface area contributed by atoms with Gasteiger partial charge in [0, 0.05) is 19.3 Å². The molecule has 0 radical (unpaired) electrons. The molecular formula is C14H22N2O3. The number of aryl methyl sites for hydroxylation is 1. The summed E-state index contributed by atoms with van der Waals surface area (Å²) in [4.78, 5) is 28.6. The fraction of sp³-hybridized carbons (Fsp3) is 0.571. The number of ether oxygens (including phenoxy) is 1. The Morgan fingerprint density at radius 3 is 2.47 bits per heavy atom. The molecule has 1 aromatic heterocycles. The minimum Gasteiger partial charge on any atom is -0.465 e. The second-order valence-electron chi connectivity index (χ2n) is 4.70. The molecule has 0 unspecified atom stereocenters. The van der Waals surface area contributed by atoms with Crippen LogP contribution in [-0.4, -0.2) is 42.5 Å². The number of methoxy groups -OCH3 is 1. The van der Waals surface area contributed by atoms with E-state index in [0.29, 0.717) is 29.1 Å². The molecule has 1 heterocycles. The number of hydrogen-bond acceptors (Lipinski definition) is 3. The van der Waals surface area contributed by atoms with Crippen LogP contribution in [-0.2, 0) is 4.74 Å².